The molecule has 1 heterocycles. The van der Waals surface area contributed by atoms with Crippen LogP contribution in [0, 0.1) is 0 Å². The molecule has 1 aliphatic heterocycles. The first-order chi connectivity index (χ1) is 9.99. The SMILES string of the molecule is O=C(NCC1(c2ccccc2)CC1)NC1CCS(=O)(=O)C1. The fourth-order valence-corrected chi connectivity index (χ4v) is 4.58. The van der Waals surface area contributed by atoms with Gasteiger partial charge >= 0.3 is 6.03 Å². The number of hydrogen-bond acceptors (Lipinski definition) is 3. The Hall–Kier alpha value is -1.56. The zero-order valence-corrected chi connectivity index (χ0v) is 12.7. The van der Waals surface area contributed by atoms with Crippen molar-refractivity contribution in [2.24, 2.45) is 0 Å². The van der Waals surface area contributed by atoms with Gasteiger partial charge in [0, 0.05) is 18.0 Å². The Balaban J connectivity index is 1.51. The lowest BCUT2D eigenvalue weighted by molar-refractivity contribution is 0.237. The van der Waals surface area contributed by atoms with Crippen LogP contribution in [0.2, 0.25) is 0 Å². The van der Waals surface area contributed by atoms with Gasteiger partial charge in [0.2, 0.25) is 0 Å². The zero-order chi connectivity index (χ0) is 14.9. The van der Waals surface area contributed by atoms with Crippen LogP contribution in [0.25, 0.3) is 0 Å². The van der Waals surface area contributed by atoms with Crippen LogP contribution in [-0.2, 0) is 15.3 Å². The molecule has 0 radical (unpaired) electrons. The highest BCUT2D eigenvalue weighted by Crippen LogP contribution is 2.47. The van der Waals surface area contributed by atoms with Crippen molar-refractivity contribution in [3.63, 3.8) is 0 Å². The van der Waals surface area contributed by atoms with Crippen LogP contribution in [0.3, 0.4) is 0 Å². The van der Waals surface area contributed by atoms with Gasteiger partial charge in [0.05, 0.1) is 11.5 Å². The third-order valence-electron chi connectivity index (χ3n) is 4.39. The minimum absolute atomic E-state index is 0.0598. The molecule has 0 bridgehead atoms. The van der Waals surface area contributed by atoms with Gasteiger partial charge in [0.25, 0.3) is 0 Å². The van der Waals surface area contributed by atoms with E-state index in [0.29, 0.717) is 13.0 Å². The molecule has 6 heteroatoms. The molecule has 1 aromatic carbocycles. The third-order valence-corrected chi connectivity index (χ3v) is 6.16. The number of rotatable bonds is 4. The average Bonchev–Trinajstić information content (AvgIpc) is 3.18. The molecule has 1 unspecified atom stereocenters. The van der Waals surface area contributed by atoms with Crippen molar-refractivity contribution in [3.8, 4) is 0 Å². The summed E-state index contributed by atoms with van der Waals surface area (Å²) in [6.45, 7) is 0.600. The lowest BCUT2D eigenvalue weighted by Gasteiger charge is -2.18. The predicted molar refractivity (Wildman–Crippen MR) is 80.9 cm³/mol. The molecule has 0 spiro atoms. The third kappa shape index (κ3) is 3.37. The van der Waals surface area contributed by atoms with Crippen molar-refractivity contribution >= 4 is 15.9 Å². The van der Waals surface area contributed by atoms with E-state index in [2.05, 4.69) is 22.8 Å². The van der Waals surface area contributed by atoms with Gasteiger partial charge in [-0.15, -0.1) is 0 Å². The van der Waals surface area contributed by atoms with Crippen LogP contribution in [-0.4, -0.2) is 38.5 Å². The Morgan fingerprint density at radius 3 is 2.52 bits per heavy atom. The number of hydrogen-bond donors (Lipinski definition) is 2. The Morgan fingerprint density at radius 2 is 1.95 bits per heavy atom. The largest absolute Gasteiger partial charge is 0.337 e. The summed E-state index contributed by atoms with van der Waals surface area (Å²) < 4.78 is 22.7. The van der Waals surface area contributed by atoms with Crippen molar-refractivity contribution < 1.29 is 13.2 Å². The van der Waals surface area contributed by atoms with Crippen molar-refractivity contribution in [2.75, 3.05) is 18.1 Å². The second kappa shape index (κ2) is 5.33. The molecule has 1 saturated heterocycles. The van der Waals surface area contributed by atoms with Gasteiger partial charge in [-0.2, -0.15) is 0 Å². The summed E-state index contributed by atoms with van der Waals surface area (Å²) in [6, 6.07) is 9.69. The molecule has 2 aliphatic rings. The maximum atomic E-state index is 11.9. The minimum atomic E-state index is -2.96. The standard InChI is InChI=1S/C15H20N2O3S/c18-14(17-13-6-9-21(19,20)10-13)16-11-15(7-8-15)12-4-2-1-3-5-12/h1-5,13H,6-11H2,(H2,16,17,18). The highest BCUT2D eigenvalue weighted by atomic mass is 32.2. The van der Waals surface area contributed by atoms with Crippen LogP contribution in [0.1, 0.15) is 24.8 Å². The summed E-state index contributed by atoms with van der Waals surface area (Å²) in [6.07, 6.45) is 2.67. The van der Waals surface area contributed by atoms with Gasteiger partial charge in [-0.05, 0) is 24.8 Å². The molecule has 1 aliphatic carbocycles. The van der Waals surface area contributed by atoms with E-state index in [4.69, 9.17) is 0 Å². The number of sulfone groups is 1. The Morgan fingerprint density at radius 1 is 1.24 bits per heavy atom. The molecule has 1 aromatic rings. The summed E-state index contributed by atoms with van der Waals surface area (Å²) >= 11 is 0. The summed E-state index contributed by atoms with van der Waals surface area (Å²) in [4.78, 5) is 11.9. The summed E-state index contributed by atoms with van der Waals surface area (Å²) in [7, 11) is -2.96. The Kier molecular flexibility index (Phi) is 3.65. The minimum Gasteiger partial charge on any atom is -0.337 e. The van der Waals surface area contributed by atoms with E-state index < -0.39 is 9.84 Å². The van der Waals surface area contributed by atoms with Gasteiger partial charge < -0.3 is 10.6 Å². The smallest absolute Gasteiger partial charge is 0.315 e. The topological polar surface area (TPSA) is 75.3 Å². The Bertz CT molecular complexity index is 624. The number of amides is 2. The van der Waals surface area contributed by atoms with Gasteiger partial charge in [-0.1, -0.05) is 30.3 Å². The van der Waals surface area contributed by atoms with Crippen molar-refractivity contribution in [2.45, 2.75) is 30.7 Å². The number of urea groups is 1. The number of carbonyl (C=O) groups is 1. The first-order valence-corrected chi connectivity index (χ1v) is 9.12. The number of benzene rings is 1. The molecule has 3 rings (SSSR count). The van der Waals surface area contributed by atoms with E-state index in [1.165, 1.54) is 5.56 Å². The van der Waals surface area contributed by atoms with Crippen molar-refractivity contribution in [1.82, 2.24) is 10.6 Å². The van der Waals surface area contributed by atoms with Crippen molar-refractivity contribution in [1.29, 1.82) is 0 Å². The van der Waals surface area contributed by atoms with E-state index >= 15 is 0 Å². The lowest BCUT2D eigenvalue weighted by Crippen LogP contribution is -2.45. The highest BCUT2D eigenvalue weighted by molar-refractivity contribution is 7.91. The van der Waals surface area contributed by atoms with Gasteiger partial charge in [-0.3, -0.25) is 0 Å². The monoisotopic (exact) mass is 308 g/mol. The highest BCUT2D eigenvalue weighted by Gasteiger charge is 2.44. The second-order valence-corrected chi connectivity index (χ2v) is 8.30. The van der Waals surface area contributed by atoms with E-state index in [1.807, 2.05) is 18.2 Å². The first kappa shape index (κ1) is 14.4. The quantitative estimate of drug-likeness (QED) is 0.878. The molecule has 1 saturated carbocycles. The molecule has 1 atom stereocenters. The average molecular weight is 308 g/mol. The van der Waals surface area contributed by atoms with Gasteiger partial charge in [0.1, 0.15) is 0 Å². The maximum Gasteiger partial charge on any atom is 0.315 e. The molecule has 2 amide bonds. The van der Waals surface area contributed by atoms with E-state index in [9.17, 15) is 13.2 Å². The summed E-state index contributed by atoms with van der Waals surface area (Å²) in [5, 5.41) is 5.65. The molecular formula is C15H20N2O3S. The zero-order valence-electron chi connectivity index (χ0n) is 11.8. The van der Waals surface area contributed by atoms with Crippen LogP contribution in [0.15, 0.2) is 30.3 Å². The molecule has 114 valence electrons. The maximum absolute atomic E-state index is 11.9. The summed E-state index contributed by atoms with van der Waals surface area (Å²) in [5.41, 5.74) is 1.33. The van der Waals surface area contributed by atoms with Crippen LogP contribution in [0.4, 0.5) is 4.79 Å². The van der Waals surface area contributed by atoms with Crippen LogP contribution < -0.4 is 10.6 Å². The van der Waals surface area contributed by atoms with E-state index in [-0.39, 0.29) is 29.0 Å². The van der Waals surface area contributed by atoms with Gasteiger partial charge in [0.15, 0.2) is 9.84 Å². The van der Waals surface area contributed by atoms with E-state index in [0.717, 1.165) is 12.8 Å². The molecule has 0 aromatic heterocycles. The normalized spacial score (nSPS) is 25.2. The fourth-order valence-electron chi connectivity index (χ4n) is 2.90. The first-order valence-electron chi connectivity index (χ1n) is 7.29. The molecular weight excluding hydrogens is 288 g/mol. The number of carbonyl (C=O) groups excluding carboxylic acids is 1. The van der Waals surface area contributed by atoms with Crippen molar-refractivity contribution in [3.05, 3.63) is 35.9 Å². The fraction of sp³-hybridized carbons (Fsp3) is 0.533. The second-order valence-electron chi connectivity index (χ2n) is 6.07. The van der Waals surface area contributed by atoms with E-state index in [1.54, 1.807) is 0 Å². The molecule has 2 N–H and O–H groups in total. The molecule has 2 fully saturated rings. The van der Waals surface area contributed by atoms with Crippen LogP contribution in [0.5, 0.6) is 0 Å². The number of nitrogens with one attached hydrogen (secondary N) is 2. The summed E-state index contributed by atoms with van der Waals surface area (Å²) in [5.74, 6) is 0.232. The molecule has 21 heavy (non-hydrogen) atoms. The van der Waals surface area contributed by atoms with Gasteiger partial charge in [-0.25, -0.2) is 13.2 Å². The van der Waals surface area contributed by atoms with Crippen LogP contribution >= 0.6 is 0 Å². The Labute approximate surface area is 125 Å². The lowest BCUT2D eigenvalue weighted by atomic mass is 9.96. The predicted octanol–water partition coefficient (Wildman–Crippen LogP) is 1.20. The molecule has 5 nitrogen and oxygen atoms in total.